The lowest BCUT2D eigenvalue weighted by atomic mass is 10.0. The third-order valence-corrected chi connectivity index (χ3v) is 4.22. The zero-order valence-electron chi connectivity index (χ0n) is 11.7. The molecule has 0 spiro atoms. The van der Waals surface area contributed by atoms with Gasteiger partial charge in [0.05, 0.1) is 24.1 Å². The molecule has 2 nitrogen and oxygen atoms in total. The maximum absolute atomic E-state index is 13.6. The van der Waals surface area contributed by atoms with Gasteiger partial charge >= 0.3 is 0 Å². The highest BCUT2D eigenvalue weighted by Crippen LogP contribution is 2.32. The van der Waals surface area contributed by atoms with Gasteiger partial charge in [0.1, 0.15) is 5.82 Å². The summed E-state index contributed by atoms with van der Waals surface area (Å²) in [5.41, 5.74) is 1.74. The monoisotopic (exact) mass is 372 g/mol. The highest BCUT2D eigenvalue weighted by atomic mass is 79.9. The molecular formula is C16H15BrClFO2. The number of alkyl halides is 1. The maximum atomic E-state index is 13.6. The molecule has 0 fully saturated rings. The topological polar surface area (TPSA) is 18.5 Å². The summed E-state index contributed by atoms with van der Waals surface area (Å²) >= 11 is 9.51. The quantitative estimate of drug-likeness (QED) is 0.677. The smallest absolute Gasteiger partial charge is 0.160 e. The molecule has 0 saturated heterocycles. The molecule has 0 amide bonds. The maximum Gasteiger partial charge on any atom is 0.160 e. The SMILES string of the molecule is COc1ccc(CC(Cl)c2ccc(Br)c(F)c2)cc1OC. The van der Waals surface area contributed by atoms with Crippen molar-refractivity contribution in [1.82, 2.24) is 0 Å². The largest absolute Gasteiger partial charge is 0.493 e. The number of methoxy groups -OCH3 is 2. The zero-order chi connectivity index (χ0) is 15.4. The molecule has 0 aliphatic carbocycles. The van der Waals surface area contributed by atoms with Crippen LogP contribution in [0.3, 0.4) is 0 Å². The van der Waals surface area contributed by atoms with Crippen molar-refractivity contribution in [2.75, 3.05) is 14.2 Å². The fraction of sp³-hybridized carbons (Fsp3) is 0.250. The van der Waals surface area contributed by atoms with Gasteiger partial charge in [-0.05, 0) is 57.7 Å². The van der Waals surface area contributed by atoms with Gasteiger partial charge in [0.25, 0.3) is 0 Å². The van der Waals surface area contributed by atoms with E-state index >= 15 is 0 Å². The van der Waals surface area contributed by atoms with Crippen LogP contribution in [0.15, 0.2) is 40.9 Å². The first-order valence-corrected chi connectivity index (χ1v) is 7.58. The summed E-state index contributed by atoms with van der Waals surface area (Å²) in [5, 5.41) is -0.314. The summed E-state index contributed by atoms with van der Waals surface area (Å²) in [6.07, 6.45) is 0.572. The second kappa shape index (κ2) is 7.14. The first-order chi connectivity index (χ1) is 10.0. The molecule has 2 aromatic rings. The lowest BCUT2D eigenvalue weighted by Gasteiger charge is -2.13. The Hall–Kier alpha value is -1.26. The Morgan fingerprint density at radius 1 is 1.10 bits per heavy atom. The molecule has 0 aliphatic rings. The molecule has 0 aromatic heterocycles. The van der Waals surface area contributed by atoms with E-state index in [0.29, 0.717) is 22.4 Å². The summed E-state index contributed by atoms with van der Waals surface area (Å²) in [6, 6.07) is 10.6. The first kappa shape index (κ1) is 16.1. The second-order valence-corrected chi connectivity index (χ2v) is 5.92. The Labute approximate surface area is 137 Å². The Bertz CT molecular complexity index is 634. The van der Waals surface area contributed by atoms with Crippen LogP contribution < -0.4 is 9.47 Å². The van der Waals surface area contributed by atoms with Crippen molar-refractivity contribution < 1.29 is 13.9 Å². The molecule has 2 rings (SSSR count). The third kappa shape index (κ3) is 3.89. The summed E-state index contributed by atoms with van der Waals surface area (Å²) in [7, 11) is 3.18. The van der Waals surface area contributed by atoms with Gasteiger partial charge in [0, 0.05) is 0 Å². The van der Waals surface area contributed by atoms with Crippen molar-refractivity contribution in [2.24, 2.45) is 0 Å². The predicted octanol–water partition coefficient (Wildman–Crippen LogP) is 5.13. The van der Waals surface area contributed by atoms with Crippen LogP contribution in [-0.4, -0.2) is 14.2 Å². The Morgan fingerprint density at radius 2 is 1.81 bits per heavy atom. The van der Waals surface area contributed by atoms with Gasteiger partial charge in [0.2, 0.25) is 0 Å². The van der Waals surface area contributed by atoms with E-state index in [-0.39, 0.29) is 11.2 Å². The fourth-order valence-electron chi connectivity index (χ4n) is 2.04. The summed E-state index contributed by atoms with van der Waals surface area (Å²) in [4.78, 5) is 0. The van der Waals surface area contributed by atoms with Crippen LogP contribution in [0.2, 0.25) is 0 Å². The standard InChI is InChI=1S/C16H15BrClFO2/c1-20-15-6-3-10(8-16(15)21-2)7-13(18)11-4-5-12(17)14(19)9-11/h3-6,8-9,13H,7H2,1-2H3. The summed E-state index contributed by atoms with van der Waals surface area (Å²) in [5.74, 6) is 1.01. The van der Waals surface area contributed by atoms with Gasteiger partial charge in [-0.15, -0.1) is 11.6 Å². The third-order valence-electron chi connectivity index (χ3n) is 3.17. The van der Waals surface area contributed by atoms with E-state index < -0.39 is 0 Å². The summed E-state index contributed by atoms with van der Waals surface area (Å²) < 4.78 is 24.4. The normalized spacial score (nSPS) is 12.0. The minimum Gasteiger partial charge on any atom is -0.493 e. The fourth-order valence-corrected chi connectivity index (χ4v) is 2.60. The molecule has 112 valence electrons. The number of hydrogen-bond acceptors (Lipinski definition) is 2. The van der Waals surface area contributed by atoms with Gasteiger partial charge in [0.15, 0.2) is 11.5 Å². The van der Waals surface area contributed by atoms with Crippen molar-refractivity contribution in [1.29, 1.82) is 0 Å². The Kier molecular flexibility index (Phi) is 5.48. The van der Waals surface area contributed by atoms with Crippen LogP contribution in [0.4, 0.5) is 4.39 Å². The molecule has 21 heavy (non-hydrogen) atoms. The van der Waals surface area contributed by atoms with Crippen LogP contribution in [0.25, 0.3) is 0 Å². The van der Waals surface area contributed by atoms with E-state index in [1.54, 1.807) is 20.3 Å². The number of halogens is 3. The van der Waals surface area contributed by atoms with Gasteiger partial charge in [-0.25, -0.2) is 4.39 Å². The lowest BCUT2D eigenvalue weighted by molar-refractivity contribution is 0.354. The van der Waals surface area contributed by atoms with E-state index in [4.69, 9.17) is 21.1 Å². The van der Waals surface area contributed by atoms with E-state index in [2.05, 4.69) is 15.9 Å². The van der Waals surface area contributed by atoms with Gasteiger partial charge in [-0.2, -0.15) is 0 Å². The molecule has 1 atom stereocenters. The van der Waals surface area contributed by atoms with E-state index in [1.807, 2.05) is 24.3 Å². The molecule has 0 heterocycles. The Morgan fingerprint density at radius 3 is 2.43 bits per heavy atom. The van der Waals surface area contributed by atoms with Crippen molar-refractivity contribution in [2.45, 2.75) is 11.8 Å². The number of ether oxygens (including phenoxy) is 2. The number of rotatable bonds is 5. The first-order valence-electron chi connectivity index (χ1n) is 6.35. The highest BCUT2D eigenvalue weighted by Gasteiger charge is 2.13. The molecule has 2 aromatic carbocycles. The zero-order valence-corrected chi connectivity index (χ0v) is 14.0. The predicted molar refractivity (Wildman–Crippen MR) is 85.9 cm³/mol. The Balaban J connectivity index is 2.18. The van der Waals surface area contributed by atoms with Crippen LogP contribution in [0, 0.1) is 5.82 Å². The van der Waals surface area contributed by atoms with Crippen LogP contribution in [0.5, 0.6) is 11.5 Å². The molecule has 0 saturated carbocycles. The molecule has 0 aliphatic heterocycles. The molecule has 1 unspecified atom stereocenters. The van der Waals surface area contributed by atoms with E-state index in [0.717, 1.165) is 11.1 Å². The average molecular weight is 374 g/mol. The van der Waals surface area contributed by atoms with Crippen molar-refractivity contribution in [3.05, 3.63) is 57.8 Å². The summed E-state index contributed by atoms with van der Waals surface area (Å²) in [6.45, 7) is 0. The van der Waals surface area contributed by atoms with Gasteiger partial charge < -0.3 is 9.47 Å². The molecule has 0 bridgehead atoms. The van der Waals surface area contributed by atoms with E-state index in [1.165, 1.54) is 6.07 Å². The van der Waals surface area contributed by atoms with Crippen molar-refractivity contribution in [3.63, 3.8) is 0 Å². The number of hydrogen-bond donors (Lipinski definition) is 0. The van der Waals surface area contributed by atoms with Gasteiger partial charge in [-0.1, -0.05) is 12.1 Å². The van der Waals surface area contributed by atoms with Gasteiger partial charge in [-0.3, -0.25) is 0 Å². The van der Waals surface area contributed by atoms with Crippen molar-refractivity contribution >= 4 is 27.5 Å². The molecule has 5 heteroatoms. The van der Waals surface area contributed by atoms with Crippen LogP contribution in [-0.2, 0) is 6.42 Å². The molecule has 0 N–H and O–H groups in total. The second-order valence-electron chi connectivity index (χ2n) is 4.53. The molecular weight excluding hydrogens is 359 g/mol. The van der Waals surface area contributed by atoms with Crippen LogP contribution >= 0.6 is 27.5 Å². The lowest BCUT2D eigenvalue weighted by Crippen LogP contribution is -1.98. The molecule has 0 radical (unpaired) electrons. The number of benzene rings is 2. The highest BCUT2D eigenvalue weighted by molar-refractivity contribution is 9.10. The minimum atomic E-state index is -0.314. The van der Waals surface area contributed by atoms with Crippen molar-refractivity contribution in [3.8, 4) is 11.5 Å². The van der Waals surface area contributed by atoms with E-state index in [9.17, 15) is 4.39 Å². The minimum absolute atomic E-state index is 0.314. The van der Waals surface area contributed by atoms with Crippen LogP contribution in [0.1, 0.15) is 16.5 Å². The average Bonchev–Trinajstić information content (AvgIpc) is 2.49.